The number of hydrogen-bond acceptors (Lipinski definition) is 5. The Labute approximate surface area is 172 Å². The van der Waals surface area contributed by atoms with Gasteiger partial charge in [0.1, 0.15) is 22.4 Å². The Morgan fingerprint density at radius 3 is 2.50 bits per heavy atom. The number of nitrogens with one attached hydrogen (secondary N) is 1. The van der Waals surface area contributed by atoms with Crippen molar-refractivity contribution in [1.29, 1.82) is 0 Å². The first-order valence-corrected chi connectivity index (χ1v) is 10.9. The Morgan fingerprint density at radius 2 is 1.77 bits per heavy atom. The van der Waals surface area contributed by atoms with E-state index >= 15 is 0 Å². The molecule has 0 amide bonds. The molecule has 1 atom stereocenters. The lowest BCUT2D eigenvalue weighted by atomic mass is 10.2. The minimum Gasteiger partial charge on any atom is -0.309 e. The first kappa shape index (κ1) is 20.6. The molecule has 0 spiro atoms. The predicted molar refractivity (Wildman–Crippen MR) is 107 cm³/mol. The molecule has 0 saturated carbocycles. The summed E-state index contributed by atoms with van der Waals surface area (Å²) in [6.07, 6.45) is 0. The second-order valence-corrected chi connectivity index (χ2v) is 9.07. The molecule has 1 fully saturated rings. The van der Waals surface area contributed by atoms with E-state index in [0.717, 1.165) is 16.4 Å². The van der Waals surface area contributed by atoms with Crippen LogP contribution in [0.4, 0.5) is 8.78 Å². The molecule has 1 aliphatic rings. The van der Waals surface area contributed by atoms with Crippen LogP contribution in [0.2, 0.25) is 0 Å². The third-order valence-electron chi connectivity index (χ3n) is 5.36. The highest BCUT2D eigenvalue weighted by Gasteiger charge is 2.32. The SMILES string of the molecule is C[C@H](c1nc2ccccc2c(=O)[nH]1)N1CCN(S(=O)(=O)c2cc(F)ccc2F)CC1. The summed E-state index contributed by atoms with van der Waals surface area (Å²) < 4.78 is 54.1. The minimum atomic E-state index is -4.15. The van der Waals surface area contributed by atoms with Gasteiger partial charge in [0, 0.05) is 26.2 Å². The highest BCUT2D eigenvalue weighted by atomic mass is 32.2. The number of hydrogen-bond donors (Lipinski definition) is 1. The smallest absolute Gasteiger partial charge is 0.258 e. The van der Waals surface area contributed by atoms with E-state index in [0.29, 0.717) is 35.9 Å². The number of aromatic amines is 1. The van der Waals surface area contributed by atoms with Gasteiger partial charge in [-0.15, -0.1) is 0 Å². The molecule has 158 valence electrons. The van der Waals surface area contributed by atoms with E-state index < -0.39 is 26.6 Å². The molecule has 2 heterocycles. The molecule has 1 aliphatic heterocycles. The molecule has 1 N–H and O–H groups in total. The van der Waals surface area contributed by atoms with Crippen LogP contribution in [0.15, 0.2) is 52.2 Å². The average molecular weight is 434 g/mol. The monoisotopic (exact) mass is 434 g/mol. The Kier molecular flexibility index (Phi) is 5.39. The van der Waals surface area contributed by atoms with Gasteiger partial charge in [-0.3, -0.25) is 9.69 Å². The largest absolute Gasteiger partial charge is 0.309 e. The van der Waals surface area contributed by atoms with Gasteiger partial charge in [-0.25, -0.2) is 22.2 Å². The zero-order chi connectivity index (χ0) is 21.5. The van der Waals surface area contributed by atoms with Gasteiger partial charge in [-0.2, -0.15) is 4.31 Å². The van der Waals surface area contributed by atoms with Crippen LogP contribution in [-0.4, -0.2) is 53.8 Å². The van der Waals surface area contributed by atoms with Crippen molar-refractivity contribution in [2.75, 3.05) is 26.2 Å². The first-order chi connectivity index (χ1) is 14.3. The minimum absolute atomic E-state index is 0.112. The van der Waals surface area contributed by atoms with E-state index in [4.69, 9.17) is 0 Å². The molecule has 0 bridgehead atoms. The Bertz CT molecular complexity index is 1250. The van der Waals surface area contributed by atoms with Gasteiger partial charge in [-0.1, -0.05) is 12.1 Å². The first-order valence-electron chi connectivity index (χ1n) is 9.45. The Hall–Kier alpha value is -2.69. The fourth-order valence-electron chi connectivity index (χ4n) is 3.62. The van der Waals surface area contributed by atoms with Crippen molar-refractivity contribution in [3.8, 4) is 0 Å². The quantitative estimate of drug-likeness (QED) is 0.681. The van der Waals surface area contributed by atoms with Crippen molar-refractivity contribution in [2.24, 2.45) is 0 Å². The number of halogens is 2. The van der Waals surface area contributed by atoms with Crippen molar-refractivity contribution in [3.63, 3.8) is 0 Å². The van der Waals surface area contributed by atoms with Crippen molar-refractivity contribution in [3.05, 3.63) is 70.3 Å². The molecule has 3 aromatic rings. The van der Waals surface area contributed by atoms with Crippen LogP contribution in [0.5, 0.6) is 0 Å². The van der Waals surface area contributed by atoms with Gasteiger partial charge < -0.3 is 4.98 Å². The van der Waals surface area contributed by atoms with Crippen molar-refractivity contribution in [2.45, 2.75) is 17.9 Å². The molecule has 30 heavy (non-hydrogen) atoms. The maximum atomic E-state index is 14.0. The molecule has 1 saturated heterocycles. The molecular weight excluding hydrogens is 414 g/mol. The number of aromatic nitrogens is 2. The van der Waals surface area contributed by atoms with Crippen LogP contribution >= 0.6 is 0 Å². The lowest BCUT2D eigenvalue weighted by Gasteiger charge is -2.37. The number of H-pyrrole nitrogens is 1. The van der Waals surface area contributed by atoms with Crippen LogP contribution in [0.1, 0.15) is 18.8 Å². The normalized spacial score (nSPS) is 17.3. The molecule has 10 heteroatoms. The van der Waals surface area contributed by atoms with Crippen LogP contribution in [0.3, 0.4) is 0 Å². The Balaban J connectivity index is 1.52. The van der Waals surface area contributed by atoms with Crippen LogP contribution in [0.25, 0.3) is 10.9 Å². The molecular formula is C20H20F2N4O3S. The number of nitrogens with zero attached hydrogens (tertiary/aromatic N) is 3. The molecule has 7 nitrogen and oxygen atoms in total. The summed E-state index contributed by atoms with van der Waals surface area (Å²) in [6, 6.07) is 9.17. The highest BCUT2D eigenvalue weighted by molar-refractivity contribution is 7.89. The number of benzene rings is 2. The maximum Gasteiger partial charge on any atom is 0.258 e. The lowest BCUT2D eigenvalue weighted by Crippen LogP contribution is -2.49. The Morgan fingerprint density at radius 1 is 1.07 bits per heavy atom. The fraction of sp³-hybridized carbons (Fsp3) is 0.300. The van der Waals surface area contributed by atoms with Crippen molar-refractivity contribution >= 4 is 20.9 Å². The zero-order valence-electron chi connectivity index (χ0n) is 16.2. The average Bonchev–Trinajstić information content (AvgIpc) is 2.75. The molecule has 0 aliphatic carbocycles. The van der Waals surface area contributed by atoms with Gasteiger partial charge in [0.25, 0.3) is 5.56 Å². The zero-order valence-corrected chi connectivity index (χ0v) is 17.0. The van der Waals surface area contributed by atoms with E-state index in [9.17, 15) is 22.0 Å². The summed E-state index contributed by atoms with van der Waals surface area (Å²) >= 11 is 0. The fourth-order valence-corrected chi connectivity index (χ4v) is 5.12. The summed E-state index contributed by atoms with van der Waals surface area (Å²) in [6.45, 7) is 2.81. The van der Waals surface area contributed by atoms with Crippen molar-refractivity contribution < 1.29 is 17.2 Å². The number of sulfonamides is 1. The van der Waals surface area contributed by atoms with Crippen molar-refractivity contribution in [1.82, 2.24) is 19.2 Å². The summed E-state index contributed by atoms with van der Waals surface area (Å²) in [5.74, 6) is -1.30. The maximum absolute atomic E-state index is 14.0. The topological polar surface area (TPSA) is 86.4 Å². The van der Waals surface area contributed by atoms with Gasteiger partial charge in [0.15, 0.2) is 0 Å². The lowest BCUT2D eigenvalue weighted by molar-refractivity contribution is 0.141. The van der Waals surface area contributed by atoms with E-state index in [1.54, 1.807) is 24.3 Å². The predicted octanol–water partition coefficient (Wildman–Crippen LogP) is 2.27. The summed E-state index contributed by atoms with van der Waals surface area (Å²) in [4.78, 5) is 21.0. The number of piperazine rings is 1. The van der Waals surface area contributed by atoms with Gasteiger partial charge in [0.2, 0.25) is 10.0 Å². The number of fused-ring (bicyclic) bond motifs is 1. The third kappa shape index (κ3) is 3.73. The standard InChI is InChI=1S/C20H20F2N4O3S/c1-13(19-23-17-5-3-2-4-15(17)20(27)24-19)25-8-10-26(11-9-25)30(28,29)18-12-14(21)6-7-16(18)22/h2-7,12-13H,8-11H2,1H3,(H,23,24,27)/t13-/m1/s1. The molecule has 0 unspecified atom stereocenters. The highest BCUT2D eigenvalue weighted by Crippen LogP contribution is 2.24. The second kappa shape index (κ2) is 7.86. The molecule has 4 rings (SSSR count). The molecule has 2 aromatic carbocycles. The molecule has 0 radical (unpaired) electrons. The van der Waals surface area contributed by atoms with Gasteiger partial charge >= 0.3 is 0 Å². The summed E-state index contributed by atoms with van der Waals surface area (Å²) in [5, 5.41) is 0.501. The van der Waals surface area contributed by atoms with E-state index in [2.05, 4.69) is 9.97 Å². The van der Waals surface area contributed by atoms with Gasteiger partial charge in [-0.05, 0) is 37.3 Å². The van der Waals surface area contributed by atoms with E-state index in [-0.39, 0.29) is 24.7 Å². The summed E-state index contributed by atoms with van der Waals surface area (Å²) in [7, 11) is -4.15. The van der Waals surface area contributed by atoms with Crippen LogP contribution in [0, 0.1) is 11.6 Å². The number of rotatable bonds is 4. The summed E-state index contributed by atoms with van der Waals surface area (Å²) in [5.41, 5.74) is 0.358. The molecule has 1 aromatic heterocycles. The van der Waals surface area contributed by atoms with Crippen LogP contribution in [-0.2, 0) is 10.0 Å². The second-order valence-electron chi connectivity index (χ2n) is 7.16. The van der Waals surface area contributed by atoms with Gasteiger partial charge in [0.05, 0.1) is 16.9 Å². The number of para-hydroxylation sites is 1. The van der Waals surface area contributed by atoms with E-state index in [1.807, 2.05) is 11.8 Å². The third-order valence-corrected chi connectivity index (χ3v) is 7.27. The van der Waals surface area contributed by atoms with E-state index in [1.165, 1.54) is 0 Å². The van der Waals surface area contributed by atoms with Crippen LogP contribution < -0.4 is 5.56 Å².